The summed E-state index contributed by atoms with van der Waals surface area (Å²) in [7, 11) is 1.65. The molecule has 0 aliphatic carbocycles. The third-order valence-corrected chi connectivity index (χ3v) is 4.02. The number of aromatic nitrogens is 1. The highest BCUT2D eigenvalue weighted by Crippen LogP contribution is 2.28. The summed E-state index contributed by atoms with van der Waals surface area (Å²) in [4.78, 5) is 17.1. The molecule has 0 bridgehead atoms. The van der Waals surface area contributed by atoms with E-state index in [2.05, 4.69) is 4.98 Å². The van der Waals surface area contributed by atoms with E-state index < -0.39 is 0 Å². The van der Waals surface area contributed by atoms with E-state index in [9.17, 15) is 4.79 Å². The number of rotatable bonds is 3. The molecule has 1 aromatic heterocycles. The number of aromatic amines is 1. The van der Waals surface area contributed by atoms with E-state index in [1.54, 1.807) is 19.4 Å². The Labute approximate surface area is 123 Å². The number of nitrogens with two attached hydrogens (primary N) is 1. The Morgan fingerprint density at radius 1 is 1.29 bits per heavy atom. The van der Waals surface area contributed by atoms with Gasteiger partial charge in [0.15, 0.2) is 0 Å². The number of hydrogen-bond donors (Lipinski definition) is 2. The maximum Gasteiger partial charge on any atom is 0.270 e. The minimum atomic E-state index is -0.0442. The van der Waals surface area contributed by atoms with Crippen molar-refractivity contribution in [2.45, 2.75) is 12.0 Å². The topological polar surface area (TPSA) is 71.3 Å². The van der Waals surface area contributed by atoms with E-state index in [-0.39, 0.29) is 17.9 Å². The Bertz CT molecular complexity index is 607. The monoisotopic (exact) mass is 285 g/mol. The van der Waals surface area contributed by atoms with Crippen LogP contribution in [0, 0.1) is 0 Å². The first-order chi connectivity index (χ1) is 10.2. The second kappa shape index (κ2) is 5.61. The molecule has 0 spiro atoms. The number of hydrogen-bond acceptors (Lipinski definition) is 3. The normalized spacial score (nSPS) is 21.5. The van der Waals surface area contributed by atoms with Gasteiger partial charge in [0.05, 0.1) is 7.11 Å². The number of carbonyl (C=O) groups excluding carboxylic acids is 1. The zero-order chi connectivity index (χ0) is 14.8. The van der Waals surface area contributed by atoms with Gasteiger partial charge in [-0.1, -0.05) is 12.1 Å². The summed E-state index contributed by atoms with van der Waals surface area (Å²) in [6.07, 6.45) is 1.75. The molecule has 2 aromatic rings. The van der Waals surface area contributed by atoms with Crippen LogP contribution in [0.4, 0.5) is 0 Å². The van der Waals surface area contributed by atoms with Crippen LogP contribution >= 0.6 is 0 Å². The SMILES string of the molecule is COc1ccc([C@H]2CN(C(=O)c3ccc[nH]3)C[C@@H]2N)cc1. The Hall–Kier alpha value is -2.27. The van der Waals surface area contributed by atoms with Gasteiger partial charge in [-0.25, -0.2) is 0 Å². The van der Waals surface area contributed by atoms with Crippen LogP contribution in [0.25, 0.3) is 0 Å². The largest absolute Gasteiger partial charge is 0.497 e. The maximum atomic E-state index is 12.4. The number of H-pyrrole nitrogens is 1. The van der Waals surface area contributed by atoms with E-state index in [1.807, 2.05) is 35.2 Å². The smallest absolute Gasteiger partial charge is 0.270 e. The van der Waals surface area contributed by atoms with Gasteiger partial charge in [-0.2, -0.15) is 0 Å². The summed E-state index contributed by atoms with van der Waals surface area (Å²) in [5.74, 6) is 0.992. The number of carbonyl (C=O) groups is 1. The molecule has 5 nitrogen and oxygen atoms in total. The highest BCUT2D eigenvalue weighted by molar-refractivity contribution is 5.92. The first-order valence-electron chi connectivity index (χ1n) is 7.01. The van der Waals surface area contributed by atoms with Crippen LogP contribution in [-0.2, 0) is 0 Å². The average Bonchev–Trinajstić information content (AvgIpc) is 3.16. The molecule has 0 saturated carbocycles. The molecule has 1 aromatic carbocycles. The summed E-state index contributed by atoms with van der Waals surface area (Å²) in [5.41, 5.74) is 7.98. The predicted molar refractivity (Wildman–Crippen MR) is 80.4 cm³/mol. The lowest BCUT2D eigenvalue weighted by Crippen LogP contribution is -2.32. The molecule has 21 heavy (non-hydrogen) atoms. The van der Waals surface area contributed by atoms with Crippen molar-refractivity contribution in [3.05, 3.63) is 53.9 Å². The van der Waals surface area contributed by atoms with E-state index in [0.717, 1.165) is 11.3 Å². The summed E-state index contributed by atoms with van der Waals surface area (Å²) in [6.45, 7) is 1.22. The van der Waals surface area contributed by atoms with E-state index in [4.69, 9.17) is 10.5 Å². The maximum absolute atomic E-state index is 12.4. The molecule has 1 fully saturated rings. The van der Waals surface area contributed by atoms with Gasteiger partial charge in [0.25, 0.3) is 5.91 Å². The number of nitrogens with zero attached hydrogens (tertiary/aromatic N) is 1. The quantitative estimate of drug-likeness (QED) is 0.899. The average molecular weight is 285 g/mol. The van der Waals surface area contributed by atoms with Crippen LogP contribution < -0.4 is 10.5 Å². The van der Waals surface area contributed by atoms with Crippen molar-refractivity contribution < 1.29 is 9.53 Å². The first kappa shape index (κ1) is 13.7. The van der Waals surface area contributed by atoms with E-state index >= 15 is 0 Å². The van der Waals surface area contributed by atoms with Crippen LogP contribution in [0.1, 0.15) is 22.0 Å². The highest BCUT2D eigenvalue weighted by Gasteiger charge is 2.34. The Kier molecular flexibility index (Phi) is 3.66. The Balaban J connectivity index is 1.75. The molecular formula is C16H19N3O2. The summed E-state index contributed by atoms with van der Waals surface area (Å²) < 4.78 is 5.17. The number of methoxy groups -OCH3 is 1. The van der Waals surface area contributed by atoms with Gasteiger partial charge in [0.2, 0.25) is 0 Å². The Morgan fingerprint density at radius 3 is 2.67 bits per heavy atom. The number of benzene rings is 1. The van der Waals surface area contributed by atoms with Gasteiger partial charge in [-0.05, 0) is 29.8 Å². The molecule has 3 rings (SSSR count). The van der Waals surface area contributed by atoms with Crippen molar-refractivity contribution in [3.63, 3.8) is 0 Å². The zero-order valence-corrected chi connectivity index (χ0v) is 12.0. The lowest BCUT2D eigenvalue weighted by Gasteiger charge is -2.16. The standard InChI is InChI=1S/C16H19N3O2/c1-21-12-6-4-11(5-7-12)13-9-19(10-14(13)17)16(20)15-3-2-8-18-15/h2-8,13-14,18H,9-10,17H2,1H3/t13-,14+/m1/s1. The minimum absolute atomic E-state index is 0.00598. The van der Waals surface area contributed by atoms with Crippen LogP contribution in [-0.4, -0.2) is 42.0 Å². The third kappa shape index (κ3) is 2.64. The van der Waals surface area contributed by atoms with Gasteiger partial charge in [-0.3, -0.25) is 4.79 Å². The number of nitrogens with one attached hydrogen (secondary N) is 1. The van der Waals surface area contributed by atoms with Crippen molar-refractivity contribution in [2.75, 3.05) is 20.2 Å². The zero-order valence-electron chi connectivity index (χ0n) is 12.0. The first-order valence-corrected chi connectivity index (χ1v) is 7.01. The molecule has 2 heterocycles. The van der Waals surface area contributed by atoms with Crippen molar-refractivity contribution in [3.8, 4) is 5.75 Å². The highest BCUT2D eigenvalue weighted by atomic mass is 16.5. The van der Waals surface area contributed by atoms with Crippen molar-refractivity contribution in [1.82, 2.24) is 9.88 Å². The molecule has 2 atom stereocenters. The fraction of sp³-hybridized carbons (Fsp3) is 0.312. The molecule has 3 N–H and O–H groups in total. The number of likely N-dealkylation sites (tertiary alicyclic amines) is 1. The van der Waals surface area contributed by atoms with E-state index in [1.165, 1.54) is 0 Å². The van der Waals surface area contributed by atoms with Crippen LogP contribution in [0.3, 0.4) is 0 Å². The summed E-state index contributed by atoms with van der Waals surface area (Å²) in [6, 6.07) is 11.5. The lowest BCUT2D eigenvalue weighted by molar-refractivity contribution is 0.0784. The van der Waals surface area contributed by atoms with Crippen LogP contribution in [0.2, 0.25) is 0 Å². The molecule has 1 aliphatic rings. The van der Waals surface area contributed by atoms with E-state index in [0.29, 0.717) is 18.8 Å². The molecule has 5 heteroatoms. The Morgan fingerprint density at radius 2 is 2.05 bits per heavy atom. The van der Waals surface area contributed by atoms with Gasteiger partial charge < -0.3 is 20.4 Å². The second-order valence-electron chi connectivity index (χ2n) is 5.34. The van der Waals surface area contributed by atoms with Gasteiger partial charge >= 0.3 is 0 Å². The molecular weight excluding hydrogens is 266 g/mol. The molecule has 0 unspecified atom stereocenters. The van der Waals surface area contributed by atoms with Gasteiger partial charge in [-0.15, -0.1) is 0 Å². The third-order valence-electron chi connectivity index (χ3n) is 4.02. The molecule has 1 amide bonds. The van der Waals surface area contributed by atoms with Gasteiger partial charge in [0.1, 0.15) is 11.4 Å². The van der Waals surface area contributed by atoms with Crippen LogP contribution in [0.15, 0.2) is 42.6 Å². The van der Waals surface area contributed by atoms with Crippen molar-refractivity contribution in [1.29, 1.82) is 0 Å². The second-order valence-corrected chi connectivity index (χ2v) is 5.34. The summed E-state index contributed by atoms with van der Waals surface area (Å²) in [5, 5.41) is 0. The van der Waals surface area contributed by atoms with Gasteiger partial charge in [0, 0.05) is 31.2 Å². The minimum Gasteiger partial charge on any atom is -0.497 e. The predicted octanol–water partition coefficient (Wildman–Crippen LogP) is 1.59. The van der Waals surface area contributed by atoms with Crippen LogP contribution in [0.5, 0.6) is 5.75 Å². The number of amides is 1. The molecule has 0 radical (unpaired) electrons. The molecule has 1 aliphatic heterocycles. The molecule has 110 valence electrons. The fourth-order valence-electron chi connectivity index (χ4n) is 2.83. The summed E-state index contributed by atoms with van der Waals surface area (Å²) >= 11 is 0. The molecule has 1 saturated heterocycles. The van der Waals surface area contributed by atoms with Crippen molar-refractivity contribution in [2.24, 2.45) is 5.73 Å². The fourth-order valence-corrected chi connectivity index (χ4v) is 2.83. The lowest BCUT2D eigenvalue weighted by atomic mass is 9.95. The number of ether oxygens (including phenoxy) is 1. The van der Waals surface area contributed by atoms with Crippen molar-refractivity contribution >= 4 is 5.91 Å².